The van der Waals surface area contributed by atoms with E-state index in [-0.39, 0.29) is 5.78 Å². The van der Waals surface area contributed by atoms with Crippen molar-refractivity contribution >= 4 is 5.78 Å². The Bertz CT molecular complexity index is 677. The summed E-state index contributed by atoms with van der Waals surface area (Å²) in [4.78, 5) is 16.5. The van der Waals surface area contributed by atoms with E-state index in [4.69, 9.17) is 0 Å². The molecule has 0 saturated carbocycles. The normalized spacial score (nSPS) is 19.9. The molecule has 1 aliphatic rings. The zero-order chi connectivity index (χ0) is 16.4. The minimum absolute atomic E-state index is 0.132. The first-order valence-corrected chi connectivity index (χ1v) is 8.18. The van der Waals surface area contributed by atoms with E-state index in [0.29, 0.717) is 6.04 Å². The van der Waals surface area contributed by atoms with Gasteiger partial charge in [-0.1, -0.05) is 30.3 Å². The van der Waals surface area contributed by atoms with Gasteiger partial charge in [-0.25, -0.2) is 0 Å². The molecule has 0 radical (unpaired) electrons. The number of piperazine rings is 1. The third-order valence-electron chi connectivity index (χ3n) is 4.82. The van der Waals surface area contributed by atoms with Gasteiger partial charge in [0.2, 0.25) is 0 Å². The van der Waals surface area contributed by atoms with Crippen molar-refractivity contribution in [1.29, 1.82) is 0 Å². The summed E-state index contributed by atoms with van der Waals surface area (Å²) >= 11 is 0. The lowest BCUT2D eigenvalue weighted by Crippen LogP contribution is -2.46. The molecule has 1 atom stereocenters. The molecule has 2 aromatic rings. The summed E-state index contributed by atoms with van der Waals surface area (Å²) in [5, 5.41) is 0. The maximum Gasteiger partial charge on any atom is 0.161 e. The summed E-state index contributed by atoms with van der Waals surface area (Å²) in [5.41, 5.74) is 3.37. The highest BCUT2D eigenvalue weighted by molar-refractivity contribution is 5.94. The van der Waals surface area contributed by atoms with Crippen molar-refractivity contribution in [2.45, 2.75) is 19.5 Å². The van der Waals surface area contributed by atoms with Crippen molar-refractivity contribution in [3.63, 3.8) is 0 Å². The van der Waals surface area contributed by atoms with Crippen LogP contribution in [0.15, 0.2) is 42.6 Å². The highest BCUT2D eigenvalue weighted by Gasteiger charge is 2.26. The molecule has 1 fully saturated rings. The third kappa shape index (κ3) is 3.54. The molecule has 0 aliphatic carbocycles. The zero-order valence-corrected chi connectivity index (χ0v) is 14.2. The number of aromatic nitrogens is 1. The Kier molecular flexibility index (Phi) is 4.64. The van der Waals surface area contributed by atoms with Crippen LogP contribution in [0.5, 0.6) is 0 Å². The predicted molar refractivity (Wildman–Crippen MR) is 92.5 cm³/mol. The lowest BCUT2D eigenvalue weighted by atomic mass is 10.0. The SMILES string of the molecule is CC(=O)c1cc(CN2CCN(C)[C@@H](c3ccccc3)C2)n(C)c1. The zero-order valence-electron chi connectivity index (χ0n) is 14.2. The second kappa shape index (κ2) is 6.69. The van der Waals surface area contributed by atoms with Gasteiger partial charge in [0.1, 0.15) is 0 Å². The number of benzene rings is 1. The van der Waals surface area contributed by atoms with Gasteiger partial charge in [0.25, 0.3) is 0 Å². The van der Waals surface area contributed by atoms with Crippen LogP contribution in [0.25, 0.3) is 0 Å². The predicted octanol–water partition coefficient (Wildman–Crippen LogP) is 2.72. The second-order valence-electron chi connectivity index (χ2n) is 6.53. The molecule has 0 spiro atoms. The number of rotatable bonds is 4. The lowest BCUT2D eigenvalue weighted by molar-refractivity contribution is 0.0890. The summed E-state index contributed by atoms with van der Waals surface area (Å²) in [6.45, 7) is 5.65. The molecule has 0 bridgehead atoms. The van der Waals surface area contributed by atoms with Crippen LogP contribution < -0.4 is 0 Å². The van der Waals surface area contributed by atoms with Gasteiger partial charge < -0.3 is 4.57 Å². The first-order valence-electron chi connectivity index (χ1n) is 8.18. The van der Waals surface area contributed by atoms with Gasteiger partial charge in [0.15, 0.2) is 5.78 Å². The molecule has 23 heavy (non-hydrogen) atoms. The standard InChI is InChI=1S/C19H25N3O/c1-15(23)17-11-18(21(3)12-17)13-22-10-9-20(2)19(14-22)16-7-5-4-6-8-16/h4-8,11-12,19H,9-10,13-14H2,1-3H3/t19-/m1/s1. The number of ketones is 1. The highest BCUT2D eigenvalue weighted by atomic mass is 16.1. The Morgan fingerprint density at radius 1 is 1.17 bits per heavy atom. The largest absolute Gasteiger partial charge is 0.353 e. The van der Waals surface area contributed by atoms with Crippen molar-refractivity contribution in [2.75, 3.05) is 26.7 Å². The molecule has 4 heteroatoms. The molecule has 1 saturated heterocycles. The smallest absolute Gasteiger partial charge is 0.161 e. The number of aryl methyl sites for hydroxylation is 1. The topological polar surface area (TPSA) is 28.5 Å². The average Bonchev–Trinajstić information content (AvgIpc) is 2.91. The van der Waals surface area contributed by atoms with Gasteiger partial charge in [-0.05, 0) is 25.6 Å². The molecule has 3 rings (SSSR count). The van der Waals surface area contributed by atoms with E-state index in [2.05, 4.69) is 51.7 Å². The number of hydrogen-bond acceptors (Lipinski definition) is 3. The van der Waals surface area contributed by atoms with E-state index < -0.39 is 0 Å². The number of hydrogen-bond donors (Lipinski definition) is 0. The third-order valence-corrected chi connectivity index (χ3v) is 4.82. The molecular formula is C19H25N3O. The van der Waals surface area contributed by atoms with Gasteiger partial charge in [0, 0.05) is 56.7 Å². The van der Waals surface area contributed by atoms with E-state index in [1.54, 1.807) is 6.92 Å². The van der Waals surface area contributed by atoms with Crippen LogP contribution in [0.2, 0.25) is 0 Å². The van der Waals surface area contributed by atoms with E-state index >= 15 is 0 Å². The summed E-state index contributed by atoms with van der Waals surface area (Å²) < 4.78 is 2.08. The minimum Gasteiger partial charge on any atom is -0.353 e. The Labute approximate surface area is 138 Å². The van der Waals surface area contributed by atoms with Crippen LogP contribution >= 0.6 is 0 Å². The highest BCUT2D eigenvalue weighted by Crippen LogP contribution is 2.25. The van der Waals surface area contributed by atoms with Crippen LogP contribution in [0.4, 0.5) is 0 Å². The van der Waals surface area contributed by atoms with Crippen LogP contribution in [0.3, 0.4) is 0 Å². The fourth-order valence-corrected chi connectivity index (χ4v) is 3.30. The number of nitrogens with zero attached hydrogens (tertiary/aromatic N) is 3. The van der Waals surface area contributed by atoms with Crippen LogP contribution in [0, 0.1) is 0 Å². The fourth-order valence-electron chi connectivity index (χ4n) is 3.30. The molecule has 2 heterocycles. The quantitative estimate of drug-likeness (QED) is 0.813. The number of carbonyl (C=O) groups is 1. The van der Waals surface area contributed by atoms with Crippen molar-refractivity contribution < 1.29 is 4.79 Å². The Morgan fingerprint density at radius 2 is 1.91 bits per heavy atom. The number of likely N-dealkylation sites (N-methyl/N-ethyl adjacent to an activating group) is 1. The van der Waals surface area contributed by atoms with Crippen LogP contribution in [0.1, 0.15) is 34.6 Å². The van der Waals surface area contributed by atoms with E-state index in [9.17, 15) is 4.79 Å². The molecule has 1 aromatic carbocycles. The molecule has 1 aromatic heterocycles. The fraction of sp³-hybridized carbons (Fsp3) is 0.421. The summed E-state index contributed by atoms with van der Waals surface area (Å²) in [6, 6.07) is 13.2. The molecular weight excluding hydrogens is 286 g/mol. The number of carbonyl (C=O) groups excluding carboxylic acids is 1. The average molecular weight is 311 g/mol. The van der Waals surface area contributed by atoms with E-state index in [0.717, 1.165) is 31.7 Å². The molecule has 1 aliphatic heterocycles. The van der Waals surface area contributed by atoms with Gasteiger partial charge in [-0.3, -0.25) is 14.6 Å². The van der Waals surface area contributed by atoms with Crippen LogP contribution in [-0.4, -0.2) is 46.8 Å². The molecule has 0 unspecified atom stereocenters. The van der Waals surface area contributed by atoms with Crippen molar-refractivity contribution in [1.82, 2.24) is 14.4 Å². The molecule has 4 nitrogen and oxygen atoms in total. The van der Waals surface area contributed by atoms with Crippen molar-refractivity contribution in [3.05, 3.63) is 59.4 Å². The first kappa shape index (κ1) is 16.0. The Hall–Kier alpha value is -1.91. The van der Waals surface area contributed by atoms with E-state index in [1.807, 2.05) is 19.3 Å². The Balaban J connectivity index is 1.73. The lowest BCUT2D eigenvalue weighted by Gasteiger charge is -2.39. The summed E-state index contributed by atoms with van der Waals surface area (Å²) in [6.07, 6.45) is 1.93. The second-order valence-corrected chi connectivity index (χ2v) is 6.53. The molecule has 0 amide bonds. The van der Waals surface area contributed by atoms with Crippen molar-refractivity contribution in [2.24, 2.45) is 7.05 Å². The van der Waals surface area contributed by atoms with E-state index in [1.165, 1.54) is 11.3 Å². The van der Waals surface area contributed by atoms with Crippen LogP contribution in [-0.2, 0) is 13.6 Å². The van der Waals surface area contributed by atoms with Gasteiger partial charge in [-0.2, -0.15) is 0 Å². The summed E-state index contributed by atoms with van der Waals surface area (Å²) in [7, 11) is 4.22. The summed E-state index contributed by atoms with van der Waals surface area (Å²) in [5.74, 6) is 0.132. The van der Waals surface area contributed by atoms with Gasteiger partial charge in [-0.15, -0.1) is 0 Å². The van der Waals surface area contributed by atoms with Crippen molar-refractivity contribution in [3.8, 4) is 0 Å². The monoisotopic (exact) mass is 311 g/mol. The molecule has 0 N–H and O–H groups in total. The number of Topliss-reactive ketones (excluding diaryl/α,β-unsaturated/α-hetero) is 1. The minimum atomic E-state index is 0.132. The van der Waals surface area contributed by atoms with Gasteiger partial charge >= 0.3 is 0 Å². The maximum atomic E-state index is 11.5. The maximum absolute atomic E-state index is 11.5. The Morgan fingerprint density at radius 3 is 2.57 bits per heavy atom. The van der Waals surface area contributed by atoms with Gasteiger partial charge in [0.05, 0.1) is 0 Å². The first-order chi connectivity index (χ1) is 11.0. The molecule has 122 valence electrons.